The van der Waals surface area contributed by atoms with Crippen LogP contribution in [0.3, 0.4) is 0 Å². The molecular weight excluding hydrogens is 164 g/mol. The molecule has 13 heavy (non-hydrogen) atoms. The fourth-order valence-corrected chi connectivity index (χ4v) is 2.32. The van der Waals surface area contributed by atoms with Crippen LogP contribution in [0.5, 0.6) is 0 Å². The third-order valence-corrected chi connectivity index (χ3v) is 3.43. The molecule has 1 fully saturated rings. The second-order valence-electron chi connectivity index (χ2n) is 5.01. The molecule has 0 unspecified atom stereocenters. The summed E-state index contributed by atoms with van der Waals surface area (Å²) in [6.07, 6.45) is 0.287. The average Bonchev–Trinajstić information content (AvgIpc) is 2.25. The summed E-state index contributed by atoms with van der Waals surface area (Å²) < 4.78 is 11.2. The maximum absolute atomic E-state index is 5.88. The summed E-state index contributed by atoms with van der Waals surface area (Å²) in [7, 11) is 1.72. The maximum atomic E-state index is 5.88. The van der Waals surface area contributed by atoms with Crippen LogP contribution >= 0.6 is 0 Å². The van der Waals surface area contributed by atoms with E-state index in [1.807, 2.05) is 0 Å². The molecule has 0 spiro atoms. The van der Waals surface area contributed by atoms with Crippen molar-refractivity contribution in [1.82, 2.24) is 0 Å². The molecule has 0 saturated carbocycles. The van der Waals surface area contributed by atoms with Crippen molar-refractivity contribution in [2.45, 2.75) is 47.0 Å². The molecule has 1 rings (SSSR count). The van der Waals surface area contributed by atoms with Crippen LogP contribution in [0, 0.1) is 17.3 Å². The summed E-state index contributed by atoms with van der Waals surface area (Å²) in [6, 6.07) is 0. The molecular formula is C11H22O2. The van der Waals surface area contributed by atoms with Gasteiger partial charge in [0.25, 0.3) is 0 Å². The van der Waals surface area contributed by atoms with E-state index in [1.165, 1.54) is 0 Å². The van der Waals surface area contributed by atoms with Gasteiger partial charge in [-0.15, -0.1) is 0 Å². The number of ether oxygens (including phenoxy) is 2. The minimum absolute atomic E-state index is 0.0256. The van der Waals surface area contributed by atoms with Gasteiger partial charge in [0.05, 0.1) is 6.10 Å². The summed E-state index contributed by atoms with van der Waals surface area (Å²) >= 11 is 0. The van der Waals surface area contributed by atoms with Crippen molar-refractivity contribution < 1.29 is 9.47 Å². The van der Waals surface area contributed by atoms with E-state index in [-0.39, 0.29) is 11.7 Å². The van der Waals surface area contributed by atoms with Gasteiger partial charge in [-0.25, -0.2) is 0 Å². The lowest BCUT2D eigenvalue weighted by Crippen LogP contribution is -2.33. The molecule has 1 saturated heterocycles. The van der Waals surface area contributed by atoms with E-state index < -0.39 is 0 Å². The second kappa shape index (κ2) is 3.58. The van der Waals surface area contributed by atoms with Gasteiger partial charge in [0, 0.05) is 13.0 Å². The van der Waals surface area contributed by atoms with Gasteiger partial charge in [0.1, 0.15) is 0 Å². The fraction of sp³-hybridized carbons (Fsp3) is 1.00. The number of rotatable bonds is 2. The van der Waals surface area contributed by atoms with Crippen molar-refractivity contribution in [2.75, 3.05) is 7.11 Å². The van der Waals surface area contributed by atoms with E-state index in [9.17, 15) is 0 Å². The van der Waals surface area contributed by atoms with Crippen LogP contribution < -0.4 is 0 Å². The Bertz CT molecular complexity index is 175. The molecule has 0 N–H and O–H groups in total. The van der Waals surface area contributed by atoms with Gasteiger partial charge in [-0.05, 0) is 11.3 Å². The van der Waals surface area contributed by atoms with E-state index in [2.05, 4.69) is 34.6 Å². The first-order valence-electron chi connectivity index (χ1n) is 5.09. The van der Waals surface area contributed by atoms with Crippen LogP contribution in [0.25, 0.3) is 0 Å². The monoisotopic (exact) mass is 186 g/mol. The Hall–Kier alpha value is -0.0800. The van der Waals surface area contributed by atoms with Crippen LogP contribution in [-0.2, 0) is 9.47 Å². The van der Waals surface area contributed by atoms with E-state index in [4.69, 9.17) is 9.47 Å². The largest absolute Gasteiger partial charge is 0.356 e. The van der Waals surface area contributed by atoms with E-state index >= 15 is 0 Å². The number of hydrogen-bond acceptors (Lipinski definition) is 2. The van der Waals surface area contributed by atoms with Crippen molar-refractivity contribution in [3.8, 4) is 0 Å². The van der Waals surface area contributed by atoms with E-state index in [0.717, 1.165) is 0 Å². The van der Waals surface area contributed by atoms with Crippen LogP contribution in [0.15, 0.2) is 0 Å². The highest BCUT2D eigenvalue weighted by atomic mass is 16.7. The second-order valence-corrected chi connectivity index (χ2v) is 5.01. The molecule has 0 bridgehead atoms. The third-order valence-electron chi connectivity index (χ3n) is 3.43. The van der Waals surface area contributed by atoms with Gasteiger partial charge in [-0.3, -0.25) is 0 Å². The standard InChI is InChI=1S/C11H22O2/c1-7(2)9-11(4,5)8(3)10(12-6)13-9/h7-10H,1-6H3/t8-,9+,10-/m1/s1. The lowest BCUT2D eigenvalue weighted by molar-refractivity contribution is -0.137. The van der Waals surface area contributed by atoms with Crippen LogP contribution in [-0.4, -0.2) is 19.5 Å². The van der Waals surface area contributed by atoms with Crippen LogP contribution in [0.4, 0.5) is 0 Å². The molecule has 0 radical (unpaired) electrons. The molecule has 0 aliphatic carbocycles. The Kier molecular flexibility index (Phi) is 3.03. The summed E-state index contributed by atoms with van der Waals surface area (Å²) in [4.78, 5) is 0. The van der Waals surface area contributed by atoms with E-state index in [0.29, 0.717) is 17.9 Å². The van der Waals surface area contributed by atoms with Crippen molar-refractivity contribution in [1.29, 1.82) is 0 Å². The molecule has 1 heterocycles. The van der Waals surface area contributed by atoms with Crippen molar-refractivity contribution in [2.24, 2.45) is 17.3 Å². The quantitative estimate of drug-likeness (QED) is 0.660. The average molecular weight is 186 g/mol. The Labute approximate surface area is 81.6 Å². The van der Waals surface area contributed by atoms with Crippen molar-refractivity contribution in [3.05, 3.63) is 0 Å². The molecule has 1 aliphatic rings. The lowest BCUT2D eigenvalue weighted by atomic mass is 9.74. The molecule has 0 amide bonds. The first kappa shape index (κ1) is 11.0. The predicted molar refractivity (Wildman–Crippen MR) is 53.5 cm³/mol. The van der Waals surface area contributed by atoms with E-state index in [1.54, 1.807) is 7.11 Å². The lowest BCUT2D eigenvalue weighted by Gasteiger charge is -2.31. The molecule has 0 aromatic carbocycles. The zero-order valence-electron chi connectivity index (χ0n) is 9.63. The van der Waals surface area contributed by atoms with Gasteiger partial charge in [0.15, 0.2) is 6.29 Å². The molecule has 1 aliphatic heterocycles. The zero-order valence-corrected chi connectivity index (χ0v) is 9.63. The first-order valence-corrected chi connectivity index (χ1v) is 5.09. The normalized spacial score (nSPS) is 38.5. The highest BCUT2D eigenvalue weighted by molar-refractivity contribution is 4.93. The smallest absolute Gasteiger partial charge is 0.160 e. The topological polar surface area (TPSA) is 18.5 Å². The molecule has 0 aromatic heterocycles. The predicted octanol–water partition coefficient (Wildman–Crippen LogP) is 2.68. The first-order chi connectivity index (χ1) is 5.91. The van der Waals surface area contributed by atoms with Crippen LogP contribution in [0.1, 0.15) is 34.6 Å². The highest BCUT2D eigenvalue weighted by Crippen LogP contribution is 2.45. The number of methoxy groups -OCH3 is 1. The Morgan fingerprint density at radius 3 is 2.08 bits per heavy atom. The molecule has 0 aromatic rings. The molecule has 2 heteroatoms. The fourth-order valence-electron chi connectivity index (χ4n) is 2.32. The van der Waals surface area contributed by atoms with Crippen molar-refractivity contribution >= 4 is 0 Å². The SMILES string of the molecule is CO[C@@H]1O[C@@H](C(C)C)C(C)(C)[C@@H]1C. The zero-order chi connectivity index (χ0) is 10.2. The van der Waals surface area contributed by atoms with Gasteiger partial charge < -0.3 is 9.47 Å². The minimum atomic E-state index is -0.0256. The summed E-state index contributed by atoms with van der Waals surface area (Å²) in [5.74, 6) is 1.02. The molecule has 3 atom stereocenters. The Balaban J connectivity index is 2.80. The number of hydrogen-bond donors (Lipinski definition) is 0. The summed E-state index contributed by atoms with van der Waals surface area (Å²) in [5, 5.41) is 0. The third kappa shape index (κ3) is 1.75. The van der Waals surface area contributed by atoms with Gasteiger partial charge >= 0.3 is 0 Å². The van der Waals surface area contributed by atoms with Gasteiger partial charge in [-0.1, -0.05) is 34.6 Å². The Morgan fingerprint density at radius 1 is 1.31 bits per heavy atom. The molecule has 2 nitrogen and oxygen atoms in total. The van der Waals surface area contributed by atoms with Gasteiger partial charge in [-0.2, -0.15) is 0 Å². The highest BCUT2D eigenvalue weighted by Gasteiger charge is 2.49. The minimum Gasteiger partial charge on any atom is -0.356 e. The van der Waals surface area contributed by atoms with Crippen LogP contribution in [0.2, 0.25) is 0 Å². The summed E-state index contributed by atoms with van der Waals surface area (Å²) in [5.41, 5.74) is 0.217. The molecule has 78 valence electrons. The van der Waals surface area contributed by atoms with Gasteiger partial charge in [0.2, 0.25) is 0 Å². The van der Waals surface area contributed by atoms with Crippen molar-refractivity contribution in [3.63, 3.8) is 0 Å². The summed E-state index contributed by atoms with van der Waals surface area (Å²) in [6.45, 7) is 11.1. The Morgan fingerprint density at radius 2 is 1.85 bits per heavy atom. The maximum Gasteiger partial charge on any atom is 0.160 e.